The molecular formula is C9H11N3O. The molecule has 0 atom stereocenters. The quantitative estimate of drug-likeness (QED) is 0.660. The van der Waals surface area contributed by atoms with Crippen LogP contribution in [0.3, 0.4) is 0 Å². The van der Waals surface area contributed by atoms with Crippen molar-refractivity contribution in [3.63, 3.8) is 0 Å². The van der Waals surface area contributed by atoms with Gasteiger partial charge in [0, 0.05) is 6.07 Å². The van der Waals surface area contributed by atoms with Gasteiger partial charge in [-0.05, 0) is 13.8 Å². The molecule has 0 radical (unpaired) electrons. The van der Waals surface area contributed by atoms with E-state index in [4.69, 9.17) is 4.74 Å². The normalized spacial score (nSPS) is 10.7. The summed E-state index contributed by atoms with van der Waals surface area (Å²) in [4.78, 5) is 4.30. The van der Waals surface area contributed by atoms with Gasteiger partial charge >= 0.3 is 0 Å². The Bertz CT molecular complexity index is 447. The predicted octanol–water partition coefficient (Wildman–Crippen LogP) is 1.35. The first-order chi connectivity index (χ1) is 6.20. The first-order valence-electron chi connectivity index (χ1n) is 4.08. The lowest BCUT2D eigenvalue weighted by Gasteiger charge is -2.01. The third-order valence-electron chi connectivity index (χ3n) is 1.85. The van der Waals surface area contributed by atoms with E-state index < -0.39 is 0 Å². The maximum absolute atomic E-state index is 5.20. The van der Waals surface area contributed by atoms with E-state index >= 15 is 0 Å². The zero-order valence-corrected chi connectivity index (χ0v) is 7.90. The molecular weight excluding hydrogens is 166 g/mol. The summed E-state index contributed by atoms with van der Waals surface area (Å²) in [5, 5.41) is 4.28. The Labute approximate surface area is 76.2 Å². The van der Waals surface area contributed by atoms with Gasteiger partial charge in [-0.15, -0.1) is 0 Å². The zero-order chi connectivity index (χ0) is 9.42. The van der Waals surface area contributed by atoms with Crippen molar-refractivity contribution in [2.45, 2.75) is 13.8 Å². The van der Waals surface area contributed by atoms with Crippen LogP contribution in [0.2, 0.25) is 0 Å². The van der Waals surface area contributed by atoms with Crippen molar-refractivity contribution in [1.29, 1.82) is 0 Å². The Hall–Kier alpha value is -1.58. The second kappa shape index (κ2) is 2.73. The van der Waals surface area contributed by atoms with Crippen LogP contribution < -0.4 is 4.74 Å². The van der Waals surface area contributed by atoms with Crippen LogP contribution in [0.15, 0.2) is 12.3 Å². The number of nitrogens with zero attached hydrogens (tertiary/aromatic N) is 3. The SMILES string of the molecule is COc1cc(C)nn2cc(C)nc12. The average Bonchev–Trinajstić information content (AvgIpc) is 2.43. The minimum absolute atomic E-state index is 0.764. The van der Waals surface area contributed by atoms with E-state index in [1.165, 1.54) is 0 Å². The summed E-state index contributed by atoms with van der Waals surface area (Å²) in [6.07, 6.45) is 1.88. The molecule has 0 saturated heterocycles. The van der Waals surface area contributed by atoms with Crippen LogP contribution in [-0.2, 0) is 0 Å². The van der Waals surface area contributed by atoms with Crippen molar-refractivity contribution in [2.75, 3.05) is 7.11 Å². The first kappa shape index (κ1) is 8.04. The Morgan fingerprint density at radius 1 is 1.31 bits per heavy atom. The van der Waals surface area contributed by atoms with Gasteiger partial charge in [-0.2, -0.15) is 5.10 Å². The van der Waals surface area contributed by atoms with Crippen LogP contribution in [0.1, 0.15) is 11.4 Å². The van der Waals surface area contributed by atoms with E-state index in [0.717, 1.165) is 22.8 Å². The van der Waals surface area contributed by atoms with Gasteiger partial charge < -0.3 is 4.74 Å². The molecule has 0 aliphatic heterocycles. The highest BCUT2D eigenvalue weighted by molar-refractivity contribution is 5.53. The largest absolute Gasteiger partial charge is 0.493 e. The average molecular weight is 177 g/mol. The van der Waals surface area contributed by atoms with Gasteiger partial charge in [0.1, 0.15) is 0 Å². The maximum atomic E-state index is 5.20. The highest BCUT2D eigenvalue weighted by atomic mass is 16.5. The summed E-state index contributed by atoms with van der Waals surface area (Å²) < 4.78 is 6.94. The van der Waals surface area contributed by atoms with Gasteiger partial charge in [-0.25, -0.2) is 9.50 Å². The van der Waals surface area contributed by atoms with Crippen molar-refractivity contribution in [2.24, 2.45) is 0 Å². The molecule has 0 aliphatic rings. The van der Waals surface area contributed by atoms with Crippen LogP contribution in [-0.4, -0.2) is 21.7 Å². The van der Waals surface area contributed by atoms with Crippen molar-refractivity contribution in [1.82, 2.24) is 14.6 Å². The lowest BCUT2D eigenvalue weighted by molar-refractivity contribution is 0.415. The molecule has 0 bridgehead atoms. The molecule has 0 aliphatic carbocycles. The molecule has 0 saturated carbocycles. The Morgan fingerprint density at radius 2 is 2.08 bits per heavy atom. The number of ether oxygens (including phenoxy) is 1. The molecule has 2 aromatic heterocycles. The van der Waals surface area contributed by atoms with Gasteiger partial charge in [-0.1, -0.05) is 0 Å². The molecule has 0 amide bonds. The third kappa shape index (κ3) is 1.24. The van der Waals surface area contributed by atoms with Gasteiger partial charge in [0.15, 0.2) is 11.4 Å². The molecule has 0 aromatic carbocycles. The van der Waals surface area contributed by atoms with Gasteiger partial charge in [0.05, 0.1) is 24.7 Å². The number of methoxy groups -OCH3 is 1. The molecule has 13 heavy (non-hydrogen) atoms. The minimum atomic E-state index is 0.764. The Balaban J connectivity index is 2.80. The summed E-state index contributed by atoms with van der Waals surface area (Å²) in [5.41, 5.74) is 2.63. The molecule has 2 heterocycles. The molecule has 4 heteroatoms. The molecule has 68 valence electrons. The number of hydrogen-bond donors (Lipinski definition) is 0. The summed E-state index contributed by atoms with van der Waals surface area (Å²) in [6, 6.07) is 1.88. The summed E-state index contributed by atoms with van der Waals surface area (Å²) >= 11 is 0. The summed E-state index contributed by atoms with van der Waals surface area (Å²) in [7, 11) is 1.64. The fourth-order valence-corrected chi connectivity index (χ4v) is 1.33. The van der Waals surface area contributed by atoms with E-state index in [1.807, 2.05) is 26.1 Å². The summed E-state index contributed by atoms with van der Waals surface area (Å²) in [5.74, 6) is 0.764. The third-order valence-corrected chi connectivity index (χ3v) is 1.85. The van der Waals surface area contributed by atoms with E-state index in [-0.39, 0.29) is 0 Å². The number of aryl methyl sites for hydroxylation is 2. The van der Waals surface area contributed by atoms with E-state index in [0.29, 0.717) is 0 Å². The maximum Gasteiger partial charge on any atom is 0.196 e. The van der Waals surface area contributed by atoms with Gasteiger partial charge in [-0.3, -0.25) is 0 Å². The van der Waals surface area contributed by atoms with E-state index in [1.54, 1.807) is 11.6 Å². The monoisotopic (exact) mass is 177 g/mol. The lowest BCUT2D eigenvalue weighted by atomic mass is 10.4. The first-order valence-corrected chi connectivity index (χ1v) is 4.08. The van der Waals surface area contributed by atoms with Crippen LogP contribution in [0, 0.1) is 13.8 Å². The lowest BCUT2D eigenvalue weighted by Crippen LogP contribution is -1.96. The number of fused-ring (bicyclic) bond motifs is 1. The highest BCUT2D eigenvalue weighted by Crippen LogP contribution is 2.18. The Morgan fingerprint density at radius 3 is 2.77 bits per heavy atom. The van der Waals surface area contributed by atoms with Crippen LogP contribution in [0.5, 0.6) is 5.75 Å². The molecule has 2 aromatic rings. The van der Waals surface area contributed by atoms with Crippen LogP contribution in [0.4, 0.5) is 0 Å². The van der Waals surface area contributed by atoms with Crippen molar-refractivity contribution < 1.29 is 4.74 Å². The topological polar surface area (TPSA) is 39.4 Å². The predicted molar refractivity (Wildman–Crippen MR) is 49.0 cm³/mol. The van der Waals surface area contributed by atoms with E-state index in [9.17, 15) is 0 Å². The summed E-state index contributed by atoms with van der Waals surface area (Å²) in [6.45, 7) is 3.86. The fraction of sp³-hybridized carbons (Fsp3) is 0.333. The zero-order valence-electron chi connectivity index (χ0n) is 7.90. The van der Waals surface area contributed by atoms with Crippen molar-refractivity contribution >= 4 is 5.65 Å². The van der Waals surface area contributed by atoms with Crippen molar-refractivity contribution in [3.05, 3.63) is 23.7 Å². The highest BCUT2D eigenvalue weighted by Gasteiger charge is 2.06. The second-order valence-electron chi connectivity index (χ2n) is 3.00. The fourth-order valence-electron chi connectivity index (χ4n) is 1.33. The minimum Gasteiger partial charge on any atom is -0.493 e. The molecule has 4 nitrogen and oxygen atoms in total. The Kier molecular flexibility index (Phi) is 1.69. The molecule has 0 spiro atoms. The molecule has 0 N–H and O–H groups in total. The van der Waals surface area contributed by atoms with Crippen LogP contribution in [0.25, 0.3) is 5.65 Å². The smallest absolute Gasteiger partial charge is 0.196 e. The number of hydrogen-bond acceptors (Lipinski definition) is 3. The number of rotatable bonds is 1. The van der Waals surface area contributed by atoms with Gasteiger partial charge in [0.25, 0.3) is 0 Å². The number of imidazole rings is 1. The van der Waals surface area contributed by atoms with Crippen molar-refractivity contribution in [3.8, 4) is 5.75 Å². The van der Waals surface area contributed by atoms with E-state index in [2.05, 4.69) is 10.1 Å². The second-order valence-corrected chi connectivity index (χ2v) is 3.00. The molecule has 0 fully saturated rings. The molecule has 0 unspecified atom stereocenters. The van der Waals surface area contributed by atoms with Gasteiger partial charge in [0.2, 0.25) is 0 Å². The van der Waals surface area contributed by atoms with Crippen LogP contribution >= 0.6 is 0 Å². The standard InChI is InChI=1S/C9H11N3O/c1-6-4-8(13-3)9-10-7(2)5-12(9)11-6/h4-5H,1-3H3. The molecule has 2 rings (SSSR count). The number of aromatic nitrogens is 3.